The van der Waals surface area contributed by atoms with Gasteiger partial charge in [0.05, 0.1) is 6.61 Å². The summed E-state index contributed by atoms with van der Waals surface area (Å²) in [7, 11) is 0. The summed E-state index contributed by atoms with van der Waals surface area (Å²) in [6.07, 6.45) is 0. The molecule has 0 radical (unpaired) electrons. The lowest BCUT2D eigenvalue weighted by molar-refractivity contribution is 0.0742. The molecular weight excluding hydrogens is 188 g/mol. The van der Waals surface area contributed by atoms with E-state index in [9.17, 15) is 0 Å². The summed E-state index contributed by atoms with van der Waals surface area (Å²) in [4.78, 5) is 0. The Morgan fingerprint density at radius 3 is 2.14 bits per heavy atom. The van der Waals surface area contributed by atoms with Gasteiger partial charge in [0.15, 0.2) is 25.1 Å². The van der Waals surface area contributed by atoms with E-state index in [1.807, 2.05) is 0 Å². The molecule has 1 aromatic rings. The molecule has 0 fully saturated rings. The first-order chi connectivity index (χ1) is 6.81. The van der Waals surface area contributed by atoms with E-state index in [0.717, 1.165) is 0 Å². The molecule has 5 nitrogen and oxygen atoms in total. The fraction of sp³-hybridized carbons (Fsp3) is 0.333. The molecule has 0 aliphatic rings. The van der Waals surface area contributed by atoms with Crippen LogP contribution in [0.3, 0.4) is 0 Å². The normalized spacial score (nSPS) is 9.93. The molecule has 0 saturated heterocycles. The van der Waals surface area contributed by atoms with Crippen molar-refractivity contribution >= 4 is 0 Å². The third-order valence-electron chi connectivity index (χ3n) is 1.63. The third-order valence-corrected chi connectivity index (χ3v) is 1.63. The Labute approximate surface area is 81.1 Å². The number of hydrogen-bond donors (Lipinski definition) is 3. The lowest BCUT2D eigenvalue weighted by Crippen LogP contribution is -2.01. The maximum atomic E-state index is 8.84. The average molecular weight is 200 g/mol. The molecule has 0 amide bonds. The van der Waals surface area contributed by atoms with Crippen molar-refractivity contribution in [1.29, 1.82) is 0 Å². The Bertz CT molecular complexity index is 287. The van der Waals surface area contributed by atoms with Gasteiger partial charge in [-0.1, -0.05) is 6.07 Å². The SMILES string of the molecule is OCOc1ccc(CO)cc1OCO. The van der Waals surface area contributed by atoms with Crippen LogP contribution in [0, 0.1) is 0 Å². The lowest BCUT2D eigenvalue weighted by atomic mass is 10.2. The summed E-state index contributed by atoms with van der Waals surface area (Å²) in [6.45, 7) is -1.09. The summed E-state index contributed by atoms with van der Waals surface area (Å²) in [6, 6.07) is 4.71. The van der Waals surface area contributed by atoms with E-state index < -0.39 is 13.6 Å². The van der Waals surface area contributed by atoms with E-state index in [4.69, 9.17) is 24.8 Å². The Hall–Kier alpha value is -1.30. The second kappa shape index (κ2) is 5.43. The molecule has 0 aliphatic carbocycles. The summed E-state index contributed by atoms with van der Waals surface area (Å²) in [5.74, 6) is 0.604. The molecule has 5 heteroatoms. The first kappa shape index (κ1) is 10.8. The van der Waals surface area contributed by atoms with E-state index in [2.05, 4.69) is 0 Å². The van der Waals surface area contributed by atoms with Gasteiger partial charge in [-0.25, -0.2) is 0 Å². The quantitative estimate of drug-likeness (QED) is 0.575. The highest BCUT2D eigenvalue weighted by molar-refractivity contribution is 5.42. The maximum absolute atomic E-state index is 8.84. The second-order valence-electron chi connectivity index (χ2n) is 2.49. The predicted octanol–water partition coefficient (Wildman–Crippen LogP) is -0.164. The second-order valence-corrected chi connectivity index (χ2v) is 2.49. The van der Waals surface area contributed by atoms with Crippen molar-refractivity contribution in [3.8, 4) is 11.5 Å². The molecule has 0 atom stereocenters. The summed E-state index contributed by atoms with van der Waals surface area (Å²) in [5, 5.41) is 26.0. The highest BCUT2D eigenvalue weighted by Crippen LogP contribution is 2.28. The highest BCUT2D eigenvalue weighted by Gasteiger charge is 2.05. The molecule has 3 N–H and O–H groups in total. The van der Waals surface area contributed by atoms with Crippen molar-refractivity contribution in [1.82, 2.24) is 0 Å². The number of hydrogen-bond acceptors (Lipinski definition) is 5. The molecule has 0 heterocycles. The van der Waals surface area contributed by atoms with Crippen molar-refractivity contribution < 1.29 is 24.8 Å². The van der Waals surface area contributed by atoms with Crippen LogP contribution in [-0.4, -0.2) is 28.9 Å². The molecule has 0 aliphatic heterocycles. The van der Waals surface area contributed by atoms with Gasteiger partial charge in [0.25, 0.3) is 0 Å². The zero-order chi connectivity index (χ0) is 10.4. The van der Waals surface area contributed by atoms with Crippen LogP contribution in [0.4, 0.5) is 0 Å². The average Bonchev–Trinajstić information content (AvgIpc) is 2.21. The maximum Gasteiger partial charge on any atom is 0.186 e. The van der Waals surface area contributed by atoms with Gasteiger partial charge in [-0.05, 0) is 17.7 Å². The molecule has 78 valence electrons. The van der Waals surface area contributed by atoms with Crippen LogP contribution in [0.5, 0.6) is 11.5 Å². The smallest absolute Gasteiger partial charge is 0.186 e. The van der Waals surface area contributed by atoms with Crippen molar-refractivity contribution in [2.75, 3.05) is 13.6 Å². The first-order valence-corrected chi connectivity index (χ1v) is 4.03. The minimum Gasteiger partial charge on any atom is -0.464 e. The predicted molar refractivity (Wildman–Crippen MR) is 47.8 cm³/mol. The zero-order valence-electron chi connectivity index (χ0n) is 7.51. The van der Waals surface area contributed by atoms with Gasteiger partial charge in [0.1, 0.15) is 0 Å². The Morgan fingerprint density at radius 1 is 0.929 bits per heavy atom. The molecule has 1 rings (SSSR count). The van der Waals surface area contributed by atoms with Crippen molar-refractivity contribution in [2.45, 2.75) is 6.61 Å². The summed E-state index contributed by atoms with van der Waals surface area (Å²) in [5.41, 5.74) is 0.638. The molecular formula is C9H12O5. The van der Waals surface area contributed by atoms with Crippen LogP contribution in [0.2, 0.25) is 0 Å². The highest BCUT2D eigenvalue weighted by atomic mass is 16.6. The third kappa shape index (κ3) is 2.59. The Kier molecular flexibility index (Phi) is 4.18. The standard InChI is InChI=1S/C9H12O5/c10-4-7-1-2-8(13-5-11)9(3-7)14-6-12/h1-3,10-12H,4-6H2. The van der Waals surface area contributed by atoms with Crippen LogP contribution in [0.15, 0.2) is 18.2 Å². The fourth-order valence-corrected chi connectivity index (χ4v) is 1.02. The van der Waals surface area contributed by atoms with E-state index in [-0.39, 0.29) is 12.4 Å². The number of aliphatic hydroxyl groups is 3. The molecule has 0 unspecified atom stereocenters. The molecule has 0 bridgehead atoms. The van der Waals surface area contributed by atoms with Crippen LogP contribution >= 0.6 is 0 Å². The van der Waals surface area contributed by atoms with Crippen molar-refractivity contribution in [3.05, 3.63) is 23.8 Å². The van der Waals surface area contributed by atoms with E-state index in [1.165, 1.54) is 6.07 Å². The minimum atomic E-state index is -0.489. The van der Waals surface area contributed by atoms with Crippen LogP contribution in [0.1, 0.15) is 5.56 Å². The van der Waals surface area contributed by atoms with E-state index in [0.29, 0.717) is 11.3 Å². The topological polar surface area (TPSA) is 79.2 Å². The van der Waals surface area contributed by atoms with E-state index >= 15 is 0 Å². The molecule has 0 aromatic heterocycles. The van der Waals surface area contributed by atoms with E-state index in [1.54, 1.807) is 12.1 Å². The Morgan fingerprint density at radius 2 is 1.57 bits per heavy atom. The van der Waals surface area contributed by atoms with Crippen LogP contribution in [0.25, 0.3) is 0 Å². The number of aliphatic hydroxyl groups excluding tert-OH is 3. The van der Waals surface area contributed by atoms with Gasteiger partial charge >= 0.3 is 0 Å². The van der Waals surface area contributed by atoms with Gasteiger partial charge < -0.3 is 24.8 Å². The number of benzene rings is 1. The monoisotopic (exact) mass is 200 g/mol. The van der Waals surface area contributed by atoms with Crippen molar-refractivity contribution in [2.24, 2.45) is 0 Å². The fourth-order valence-electron chi connectivity index (χ4n) is 1.02. The van der Waals surface area contributed by atoms with Gasteiger partial charge in [0.2, 0.25) is 0 Å². The molecule has 1 aromatic carbocycles. The Balaban J connectivity index is 2.91. The zero-order valence-corrected chi connectivity index (χ0v) is 7.51. The molecule has 0 spiro atoms. The molecule has 0 saturated carbocycles. The minimum absolute atomic E-state index is 0.124. The van der Waals surface area contributed by atoms with Crippen LogP contribution < -0.4 is 9.47 Å². The van der Waals surface area contributed by atoms with Crippen LogP contribution in [-0.2, 0) is 6.61 Å². The number of rotatable bonds is 5. The summed E-state index contributed by atoms with van der Waals surface area (Å²) < 4.78 is 9.67. The van der Waals surface area contributed by atoms with Gasteiger partial charge in [0, 0.05) is 0 Å². The largest absolute Gasteiger partial charge is 0.464 e. The van der Waals surface area contributed by atoms with Gasteiger partial charge in [-0.15, -0.1) is 0 Å². The lowest BCUT2D eigenvalue weighted by Gasteiger charge is -2.10. The first-order valence-electron chi connectivity index (χ1n) is 4.03. The van der Waals surface area contributed by atoms with Gasteiger partial charge in [-0.3, -0.25) is 0 Å². The van der Waals surface area contributed by atoms with Gasteiger partial charge in [-0.2, -0.15) is 0 Å². The molecule has 14 heavy (non-hydrogen) atoms. The number of ether oxygens (including phenoxy) is 2. The van der Waals surface area contributed by atoms with Crippen molar-refractivity contribution in [3.63, 3.8) is 0 Å². The summed E-state index contributed by atoms with van der Waals surface area (Å²) >= 11 is 0.